The number of nitrogens with zero attached hydrogens (tertiary/aromatic N) is 9. The molecular formula is C80H94Cl6N18O15S2. The van der Waals surface area contributed by atoms with Crippen LogP contribution in [0.3, 0.4) is 0 Å². The van der Waals surface area contributed by atoms with Crippen LogP contribution in [0.2, 0.25) is 30.1 Å². The predicted molar refractivity (Wildman–Crippen MR) is 477 cm³/mol. The molecule has 3 aliphatic rings. The molecule has 3 aliphatic heterocycles. The van der Waals surface area contributed by atoms with Gasteiger partial charge in [0.05, 0.1) is 158 Å². The van der Waals surface area contributed by atoms with Crippen LogP contribution in [0.1, 0.15) is 40.0 Å². The van der Waals surface area contributed by atoms with Gasteiger partial charge < -0.3 is 95.6 Å². The van der Waals surface area contributed by atoms with Crippen molar-refractivity contribution in [3.8, 4) is 68.3 Å². The molecule has 12 rings (SSSR count). The number of carbonyl (C=O) groups is 3. The van der Waals surface area contributed by atoms with E-state index in [-0.39, 0.29) is 111 Å². The SMILES string of the molecule is C=CC(=O)N[C@H]1CCOC[C@H]1Nc1ncc2cc(-c3c(Cl)c(OC)cc(OC)c3Cl)nc(NCCO)c2n1.C=CC(=O)N[C@H]1CCOC[C@H]1Nc1ncc2cc(-c3c(Cl)c(OC)cc(OC)c3Cl)nc(NCCS(=O)(=O)CC)c2n1.C=CC(=O)N[C@H]1CCOC[C@H]1Nc1ncc2cc(-c3c(Cl)c(OC)cc(OC)c3Cl)nc(NCCSC(C)C)c2n1. The topological polar surface area (TPSA) is 413 Å². The molecule has 0 aliphatic carbocycles. The van der Waals surface area contributed by atoms with E-state index >= 15 is 0 Å². The Hall–Kier alpha value is -9.76. The highest BCUT2D eigenvalue weighted by Crippen LogP contribution is 2.50. The van der Waals surface area contributed by atoms with Crippen molar-refractivity contribution < 1.29 is 70.5 Å². The van der Waals surface area contributed by atoms with Crippen molar-refractivity contribution in [2.24, 2.45) is 0 Å². The summed E-state index contributed by atoms with van der Waals surface area (Å²) >= 11 is 41.9. The van der Waals surface area contributed by atoms with E-state index in [9.17, 15) is 27.9 Å². The van der Waals surface area contributed by atoms with Gasteiger partial charge in [-0.25, -0.2) is 53.3 Å². The molecule has 9 aromatic rings. The molecule has 121 heavy (non-hydrogen) atoms. The highest BCUT2D eigenvalue weighted by Gasteiger charge is 2.33. The largest absolute Gasteiger partial charge is 0.495 e. The number of aromatic nitrogens is 9. The van der Waals surface area contributed by atoms with Crippen molar-refractivity contribution >= 4 is 177 Å². The summed E-state index contributed by atoms with van der Waals surface area (Å²) < 4.78 is 73.7. The van der Waals surface area contributed by atoms with Gasteiger partial charge in [-0.3, -0.25) is 14.4 Å². The number of pyridine rings is 3. The zero-order chi connectivity index (χ0) is 87.2. The summed E-state index contributed by atoms with van der Waals surface area (Å²) in [5, 5.41) is 41.7. The van der Waals surface area contributed by atoms with Gasteiger partial charge in [-0.1, -0.05) is 110 Å². The minimum absolute atomic E-state index is 0.0149. The van der Waals surface area contributed by atoms with Crippen LogP contribution in [0.25, 0.3) is 66.5 Å². The molecule has 0 saturated carbocycles. The third kappa shape index (κ3) is 23.7. The average Bonchev–Trinajstić information content (AvgIpc) is 0.772. The molecule has 0 radical (unpaired) electrons. The van der Waals surface area contributed by atoms with E-state index in [1.807, 2.05) is 17.8 Å². The molecule has 33 nitrogen and oxygen atoms in total. The van der Waals surface area contributed by atoms with Crippen molar-refractivity contribution in [1.29, 1.82) is 0 Å². The summed E-state index contributed by atoms with van der Waals surface area (Å²) in [6.07, 6.45) is 10.5. The van der Waals surface area contributed by atoms with Gasteiger partial charge in [-0.05, 0) is 60.9 Å². The van der Waals surface area contributed by atoms with Crippen molar-refractivity contribution in [2.45, 2.75) is 81.5 Å². The number of amides is 3. The number of sulfone groups is 1. The number of methoxy groups -OCH3 is 6. The Morgan fingerprint density at radius 1 is 0.479 bits per heavy atom. The first-order valence-corrected chi connectivity index (χ1v) is 43.2. The smallest absolute Gasteiger partial charge is 0.243 e. The van der Waals surface area contributed by atoms with Gasteiger partial charge in [0.25, 0.3) is 0 Å². The first-order valence-electron chi connectivity index (χ1n) is 38.1. The maximum absolute atomic E-state index is 12.2. The van der Waals surface area contributed by atoms with Gasteiger partial charge in [0.15, 0.2) is 27.3 Å². The molecule has 3 fully saturated rings. The van der Waals surface area contributed by atoms with E-state index in [1.165, 1.54) is 60.9 Å². The minimum Gasteiger partial charge on any atom is -0.495 e. The van der Waals surface area contributed by atoms with Crippen LogP contribution in [0, 0.1) is 0 Å². The Labute approximate surface area is 733 Å². The van der Waals surface area contributed by atoms with Crippen LogP contribution in [-0.4, -0.2) is 243 Å². The summed E-state index contributed by atoms with van der Waals surface area (Å²) in [6, 6.07) is 8.75. The second-order valence-electron chi connectivity index (χ2n) is 27.3. The lowest BCUT2D eigenvalue weighted by atomic mass is 10.0. The summed E-state index contributed by atoms with van der Waals surface area (Å²) in [4.78, 5) is 77.8. The molecule has 41 heteroatoms. The average molecular weight is 1820 g/mol. The Balaban J connectivity index is 0.000000191. The highest BCUT2D eigenvalue weighted by atomic mass is 35.5. The summed E-state index contributed by atoms with van der Waals surface area (Å²) in [7, 11) is 5.74. The van der Waals surface area contributed by atoms with Gasteiger partial charge in [0.2, 0.25) is 35.6 Å². The van der Waals surface area contributed by atoms with Crippen LogP contribution in [-0.2, 0) is 38.4 Å². The van der Waals surface area contributed by atoms with Crippen LogP contribution >= 0.6 is 81.4 Å². The number of ether oxygens (including phenoxy) is 9. The van der Waals surface area contributed by atoms with E-state index in [0.717, 1.165) is 11.1 Å². The molecule has 3 saturated heterocycles. The number of benzene rings is 3. The van der Waals surface area contributed by atoms with E-state index in [0.29, 0.717) is 206 Å². The molecule has 0 unspecified atom stereocenters. The number of hydrogen-bond acceptors (Lipinski definition) is 31. The zero-order valence-electron chi connectivity index (χ0n) is 67.7. The number of fused-ring (bicyclic) bond motifs is 3. The molecule has 3 amide bonds. The molecule has 6 atom stereocenters. The number of anilines is 6. The van der Waals surface area contributed by atoms with Gasteiger partial charge in [0.1, 0.15) is 51.0 Å². The maximum Gasteiger partial charge on any atom is 0.243 e. The standard InChI is InChI=1S/C28H34Cl2N6O4S.C27H32Cl2N6O6S.C25H28Cl2N6O5/c1-6-22(37)33-17-7-9-40-14-19(17)35-28-32-13-16-11-18(23-24(29)20(38-4)12-21(39-5)25(23)30)34-27(26(16)36-28)31-8-10-41-15(2)3;1-5-21(36)32-16-7-9-41-14-18(16)34-27-31-13-15-11-17(22-23(28)19(39-3)12-20(40-4)24(22)29)33-26(25(15)35-27)30-8-10-42(37,38)6-2;1-4-19(35)30-14-5-8-38-12-16(14)32-25-29-11-13-9-15(31-24(23(13)33-25)28-6-7-34)20-21(26)17(36-2)10-18(37-3)22(20)27/h6,11-13,15,17,19H,1,7-10,14H2,2-5H3,(H,31,34)(H,33,37)(H,32,35,36);5,11-13,16,18H,1,6-10,14H2,2-4H3,(H,30,33)(H,32,36)(H,31,34,35);4,9-11,14,16,34H,1,5-8,12H2,2-3H3,(H,28,31)(H,30,35)(H,29,32,33)/t17-,19+;16-,18+;14-,16+/m000/s1. The molecule has 648 valence electrons. The van der Waals surface area contributed by atoms with Gasteiger partial charge >= 0.3 is 0 Å². The van der Waals surface area contributed by atoms with E-state index in [2.05, 4.69) is 106 Å². The monoisotopic (exact) mass is 1820 g/mol. The molecule has 9 heterocycles. The quantitative estimate of drug-likeness (QED) is 0.0132. The lowest BCUT2D eigenvalue weighted by Crippen LogP contribution is -2.52. The summed E-state index contributed by atoms with van der Waals surface area (Å²) in [6.45, 7) is 20.0. The van der Waals surface area contributed by atoms with Crippen molar-refractivity contribution in [2.75, 3.05) is 158 Å². The highest BCUT2D eigenvalue weighted by molar-refractivity contribution is 7.99. The van der Waals surface area contributed by atoms with Crippen molar-refractivity contribution in [3.63, 3.8) is 0 Å². The summed E-state index contributed by atoms with van der Waals surface area (Å²) in [5.74, 6) is 4.47. The fourth-order valence-corrected chi connectivity index (χ4v) is 16.4. The fourth-order valence-electron chi connectivity index (χ4n) is 12.9. The normalized spacial score (nSPS) is 17.0. The molecule has 0 bridgehead atoms. The number of nitrogens with one attached hydrogen (secondary N) is 9. The zero-order valence-corrected chi connectivity index (χ0v) is 73.8. The number of aliphatic hydroxyl groups excluding tert-OH is 1. The molecule has 6 aromatic heterocycles. The molecule has 3 aromatic carbocycles. The third-order valence-electron chi connectivity index (χ3n) is 19.1. The Morgan fingerprint density at radius 3 is 1.05 bits per heavy atom. The maximum atomic E-state index is 12.2. The van der Waals surface area contributed by atoms with Gasteiger partial charge in [-0.2, -0.15) is 11.8 Å². The molecule has 10 N–H and O–H groups in total. The number of carbonyl (C=O) groups excluding carboxylic acids is 3. The Bertz CT molecular complexity index is 5280. The molecule has 0 spiro atoms. The lowest BCUT2D eigenvalue weighted by Gasteiger charge is -2.32. The number of halogens is 6. The van der Waals surface area contributed by atoms with Gasteiger partial charge in [0, 0.05) is 121 Å². The summed E-state index contributed by atoms with van der Waals surface area (Å²) in [5.41, 5.74) is 4.13. The Morgan fingerprint density at radius 2 is 0.777 bits per heavy atom. The van der Waals surface area contributed by atoms with Crippen molar-refractivity contribution in [1.82, 2.24) is 60.8 Å². The van der Waals surface area contributed by atoms with Crippen LogP contribution < -0.4 is 76.3 Å². The van der Waals surface area contributed by atoms with Crippen LogP contribution in [0.15, 0.2) is 93.0 Å². The molecular weight excluding hydrogens is 1730 g/mol. The fraction of sp³-hybridized carbons (Fsp3) is 0.400. The first-order chi connectivity index (χ1) is 58.2. The lowest BCUT2D eigenvalue weighted by molar-refractivity contribution is -0.118. The number of thioether (sulfide) groups is 1. The van der Waals surface area contributed by atoms with Crippen molar-refractivity contribution in [3.05, 3.63) is 123 Å². The number of rotatable bonds is 34. The van der Waals surface area contributed by atoms with Crippen LogP contribution in [0.4, 0.5) is 35.3 Å². The third-order valence-corrected chi connectivity index (χ3v) is 24.2. The second kappa shape index (κ2) is 44.3. The van der Waals surface area contributed by atoms with Crippen LogP contribution in [0.5, 0.6) is 34.5 Å². The Kier molecular flexibility index (Phi) is 34.3. The second-order valence-corrected chi connectivity index (χ2v) is 33.7. The van der Waals surface area contributed by atoms with E-state index < -0.39 is 9.84 Å². The van der Waals surface area contributed by atoms with E-state index in [4.69, 9.17) is 132 Å². The van der Waals surface area contributed by atoms with E-state index in [1.54, 1.807) is 55.8 Å². The number of hydrogen-bond donors (Lipinski definition) is 10. The minimum atomic E-state index is -3.25. The number of aliphatic hydroxyl groups is 1. The first kappa shape index (κ1) is 93.5. The van der Waals surface area contributed by atoms with Gasteiger partial charge in [-0.15, -0.1) is 0 Å². The predicted octanol–water partition coefficient (Wildman–Crippen LogP) is 12.5.